The third-order valence-electron chi connectivity index (χ3n) is 4.75. The van der Waals surface area contributed by atoms with E-state index in [9.17, 15) is 4.79 Å². The van der Waals surface area contributed by atoms with Gasteiger partial charge in [0, 0.05) is 57.9 Å². The molecule has 0 bridgehead atoms. The number of amides is 1. The average Bonchev–Trinajstić information content (AvgIpc) is 2.75. The maximum absolute atomic E-state index is 12.9. The zero-order valence-electron chi connectivity index (χ0n) is 14.6. The molecule has 4 rings (SSSR count). The summed E-state index contributed by atoms with van der Waals surface area (Å²) in [6.07, 6.45) is 6.94. The van der Waals surface area contributed by atoms with Gasteiger partial charge >= 0.3 is 0 Å². The smallest absolute Gasteiger partial charge is 0.255 e. The van der Waals surface area contributed by atoms with Gasteiger partial charge in [0.25, 0.3) is 5.91 Å². The van der Waals surface area contributed by atoms with Gasteiger partial charge in [-0.1, -0.05) is 0 Å². The third-order valence-corrected chi connectivity index (χ3v) is 4.75. The van der Waals surface area contributed by atoms with Gasteiger partial charge in [-0.2, -0.15) is 0 Å². The molecule has 2 saturated heterocycles. The van der Waals surface area contributed by atoms with Crippen LogP contribution in [0.1, 0.15) is 10.4 Å². The molecular formula is C18H22N6O2. The molecule has 2 aliphatic rings. The fraction of sp³-hybridized carbons (Fsp3) is 0.444. The number of anilines is 2. The van der Waals surface area contributed by atoms with Crippen molar-refractivity contribution in [3.8, 4) is 0 Å². The molecule has 2 aromatic heterocycles. The third kappa shape index (κ3) is 3.60. The Morgan fingerprint density at radius 2 is 1.65 bits per heavy atom. The van der Waals surface area contributed by atoms with Crippen molar-refractivity contribution in [2.24, 2.45) is 0 Å². The summed E-state index contributed by atoms with van der Waals surface area (Å²) in [7, 11) is 0. The van der Waals surface area contributed by atoms with Crippen LogP contribution in [0.2, 0.25) is 0 Å². The molecule has 26 heavy (non-hydrogen) atoms. The fourth-order valence-corrected chi connectivity index (χ4v) is 3.29. The van der Waals surface area contributed by atoms with Gasteiger partial charge in [-0.3, -0.25) is 9.78 Å². The molecule has 2 aliphatic heterocycles. The second-order valence-electron chi connectivity index (χ2n) is 6.36. The Morgan fingerprint density at radius 1 is 0.923 bits per heavy atom. The predicted octanol–water partition coefficient (Wildman–Crippen LogP) is 0.671. The van der Waals surface area contributed by atoms with Gasteiger partial charge in [0.2, 0.25) is 5.95 Å². The Bertz CT molecular complexity index is 742. The molecule has 4 heterocycles. The summed E-state index contributed by atoms with van der Waals surface area (Å²) in [4.78, 5) is 31.9. The molecule has 0 radical (unpaired) electrons. The van der Waals surface area contributed by atoms with Crippen LogP contribution < -0.4 is 9.80 Å². The van der Waals surface area contributed by atoms with Gasteiger partial charge in [-0.15, -0.1) is 0 Å². The lowest BCUT2D eigenvalue weighted by Gasteiger charge is -2.35. The first kappa shape index (κ1) is 16.7. The Hall–Kier alpha value is -2.74. The quantitative estimate of drug-likeness (QED) is 0.802. The molecule has 0 aliphatic carbocycles. The first-order valence-electron chi connectivity index (χ1n) is 8.90. The number of hydrogen-bond donors (Lipinski definition) is 0. The number of pyridine rings is 1. The lowest BCUT2D eigenvalue weighted by Crippen LogP contribution is -2.49. The summed E-state index contributed by atoms with van der Waals surface area (Å²) in [6, 6.07) is 3.74. The highest BCUT2D eigenvalue weighted by Gasteiger charge is 2.24. The van der Waals surface area contributed by atoms with Crippen molar-refractivity contribution < 1.29 is 9.53 Å². The first-order chi connectivity index (χ1) is 12.8. The van der Waals surface area contributed by atoms with Gasteiger partial charge < -0.3 is 19.4 Å². The van der Waals surface area contributed by atoms with E-state index in [1.165, 1.54) is 0 Å². The summed E-state index contributed by atoms with van der Waals surface area (Å²) < 4.78 is 5.39. The van der Waals surface area contributed by atoms with Crippen LogP contribution in [0.5, 0.6) is 0 Å². The van der Waals surface area contributed by atoms with E-state index in [0.29, 0.717) is 31.9 Å². The van der Waals surface area contributed by atoms with Crippen molar-refractivity contribution in [2.45, 2.75) is 0 Å². The second-order valence-corrected chi connectivity index (χ2v) is 6.36. The molecule has 8 heteroatoms. The molecule has 1 amide bonds. The number of carbonyl (C=O) groups is 1. The maximum atomic E-state index is 12.9. The number of morpholine rings is 1. The first-order valence-corrected chi connectivity index (χ1v) is 8.90. The Kier molecular flexibility index (Phi) is 4.92. The van der Waals surface area contributed by atoms with Crippen LogP contribution >= 0.6 is 0 Å². The molecule has 0 atom stereocenters. The molecule has 0 saturated carbocycles. The Labute approximate surface area is 152 Å². The summed E-state index contributed by atoms with van der Waals surface area (Å²) in [6.45, 7) is 5.84. The summed E-state index contributed by atoms with van der Waals surface area (Å²) >= 11 is 0. The maximum Gasteiger partial charge on any atom is 0.255 e. The lowest BCUT2D eigenvalue weighted by molar-refractivity contribution is 0.0746. The van der Waals surface area contributed by atoms with Crippen molar-refractivity contribution >= 4 is 17.5 Å². The van der Waals surface area contributed by atoms with Gasteiger partial charge in [-0.05, 0) is 12.1 Å². The van der Waals surface area contributed by atoms with E-state index < -0.39 is 0 Å². The van der Waals surface area contributed by atoms with Crippen LogP contribution in [0.4, 0.5) is 11.6 Å². The molecule has 8 nitrogen and oxygen atoms in total. The van der Waals surface area contributed by atoms with E-state index in [2.05, 4.69) is 24.8 Å². The largest absolute Gasteiger partial charge is 0.378 e. The van der Waals surface area contributed by atoms with Crippen LogP contribution in [0.25, 0.3) is 0 Å². The highest BCUT2D eigenvalue weighted by atomic mass is 16.5. The number of hydrogen-bond acceptors (Lipinski definition) is 7. The fourth-order valence-electron chi connectivity index (χ4n) is 3.29. The normalized spacial score (nSPS) is 18.1. The highest BCUT2D eigenvalue weighted by Crippen LogP contribution is 2.18. The SMILES string of the molecule is O=C(c1cncc(N2CCOCC2)c1)N1CCN(c2ncccn2)CC1. The average molecular weight is 354 g/mol. The Balaban J connectivity index is 1.40. The number of ether oxygens (including phenoxy) is 1. The standard InChI is InChI=1S/C18H22N6O2/c25-17(15-12-16(14-19-13-15)22-8-10-26-11-9-22)23-4-6-24(7-5-23)18-20-2-1-3-21-18/h1-3,12-14H,4-11H2. The van der Waals surface area contributed by atoms with E-state index in [1.807, 2.05) is 17.2 Å². The molecular weight excluding hydrogens is 332 g/mol. The van der Waals surface area contributed by atoms with E-state index in [-0.39, 0.29) is 5.91 Å². The van der Waals surface area contributed by atoms with Gasteiger partial charge in [0.1, 0.15) is 0 Å². The number of nitrogens with zero attached hydrogens (tertiary/aromatic N) is 6. The van der Waals surface area contributed by atoms with Crippen molar-refractivity contribution in [1.82, 2.24) is 19.9 Å². The van der Waals surface area contributed by atoms with E-state index in [0.717, 1.165) is 37.8 Å². The van der Waals surface area contributed by atoms with Crippen LogP contribution in [0.15, 0.2) is 36.9 Å². The highest BCUT2D eigenvalue weighted by molar-refractivity contribution is 5.95. The van der Waals surface area contributed by atoms with E-state index in [4.69, 9.17) is 4.74 Å². The molecule has 136 valence electrons. The summed E-state index contributed by atoms with van der Waals surface area (Å²) in [5.41, 5.74) is 1.62. The minimum atomic E-state index is 0.0289. The number of piperazine rings is 1. The molecule has 0 aromatic carbocycles. The van der Waals surface area contributed by atoms with Crippen molar-refractivity contribution in [2.75, 3.05) is 62.3 Å². The summed E-state index contributed by atoms with van der Waals surface area (Å²) in [5.74, 6) is 0.747. The Morgan fingerprint density at radius 3 is 2.38 bits per heavy atom. The minimum absolute atomic E-state index is 0.0289. The van der Waals surface area contributed by atoms with Crippen LogP contribution in [-0.4, -0.2) is 78.2 Å². The molecule has 2 aromatic rings. The molecule has 0 N–H and O–H groups in total. The number of rotatable bonds is 3. The topological polar surface area (TPSA) is 74.7 Å². The summed E-state index contributed by atoms with van der Waals surface area (Å²) in [5, 5.41) is 0. The number of carbonyl (C=O) groups excluding carboxylic acids is 1. The lowest BCUT2D eigenvalue weighted by atomic mass is 10.2. The molecule has 0 unspecified atom stereocenters. The van der Waals surface area contributed by atoms with Crippen LogP contribution in [0.3, 0.4) is 0 Å². The van der Waals surface area contributed by atoms with Gasteiger partial charge in [0.05, 0.1) is 30.7 Å². The van der Waals surface area contributed by atoms with Crippen molar-refractivity contribution in [3.63, 3.8) is 0 Å². The van der Waals surface area contributed by atoms with Crippen LogP contribution in [-0.2, 0) is 4.74 Å². The van der Waals surface area contributed by atoms with Crippen molar-refractivity contribution in [1.29, 1.82) is 0 Å². The van der Waals surface area contributed by atoms with Gasteiger partial charge in [0.15, 0.2) is 0 Å². The van der Waals surface area contributed by atoms with Gasteiger partial charge in [-0.25, -0.2) is 9.97 Å². The zero-order valence-corrected chi connectivity index (χ0v) is 14.6. The predicted molar refractivity (Wildman–Crippen MR) is 97.4 cm³/mol. The van der Waals surface area contributed by atoms with E-state index >= 15 is 0 Å². The zero-order chi connectivity index (χ0) is 17.8. The van der Waals surface area contributed by atoms with Crippen LogP contribution in [0, 0.1) is 0 Å². The number of aromatic nitrogens is 3. The minimum Gasteiger partial charge on any atom is -0.378 e. The monoisotopic (exact) mass is 354 g/mol. The van der Waals surface area contributed by atoms with E-state index in [1.54, 1.807) is 24.7 Å². The molecule has 2 fully saturated rings. The molecule has 0 spiro atoms. The second kappa shape index (κ2) is 7.65. The van der Waals surface area contributed by atoms with Crippen molar-refractivity contribution in [3.05, 3.63) is 42.5 Å².